The highest BCUT2D eigenvalue weighted by atomic mass is 35.5. The molecule has 1 aromatic heterocycles. The second kappa shape index (κ2) is 8.14. The van der Waals surface area contributed by atoms with E-state index in [1.165, 1.54) is 18.2 Å². The minimum Gasteiger partial charge on any atom is -0.452 e. The van der Waals surface area contributed by atoms with E-state index in [0.29, 0.717) is 12.2 Å². The molecule has 172 valence electrons. The summed E-state index contributed by atoms with van der Waals surface area (Å²) in [6.45, 7) is 1.13. The van der Waals surface area contributed by atoms with Gasteiger partial charge in [0.15, 0.2) is 12.4 Å². The quantitative estimate of drug-likeness (QED) is 0.387. The number of benzene rings is 1. The number of esters is 1. The van der Waals surface area contributed by atoms with E-state index in [1.807, 2.05) is 0 Å². The first-order chi connectivity index (χ1) is 15.8. The number of aromatic nitrogens is 1. The van der Waals surface area contributed by atoms with Gasteiger partial charge in [0.2, 0.25) is 11.8 Å². The van der Waals surface area contributed by atoms with Crippen LogP contribution >= 0.6 is 23.2 Å². The zero-order valence-electron chi connectivity index (χ0n) is 17.4. The summed E-state index contributed by atoms with van der Waals surface area (Å²) in [5, 5.41) is 5.38. The molecule has 2 bridgehead atoms. The Balaban J connectivity index is 1.27. The highest BCUT2D eigenvalue weighted by Gasteiger charge is 2.66. The summed E-state index contributed by atoms with van der Waals surface area (Å²) in [5.41, 5.74) is 0.372. The van der Waals surface area contributed by atoms with Gasteiger partial charge >= 0.3 is 5.97 Å². The second-order valence-electron chi connectivity index (χ2n) is 8.51. The Morgan fingerprint density at radius 1 is 1.15 bits per heavy atom. The minimum absolute atomic E-state index is 0.101. The van der Waals surface area contributed by atoms with Gasteiger partial charge in [-0.15, -0.1) is 23.2 Å². The van der Waals surface area contributed by atoms with Crippen molar-refractivity contribution in [1.29, 1.82) is 0 Å². The Bertz CT molecular complexity index is 1130. The molecule has 11 heteroatoms. The third-order valence-electron chi connectivity index (χ3n) is 6.56. The van der Waals surface area contributed by atoms with E-state index >= 15 is 0 Å². The fourth-order valence-electron chi connectivity index (χ4n) is 5.19. The molecule has 0 spiro atoms. The topological polar surface area (TPSA) is 119 Å². The van der Waals surface area contributed by atoms with Crippen molar-refractivity contribution >= 4 is 58.4 Å². The first kappa shape index (κ1) is 21.9. The van der Waals surface area contributed by atoms with Gasteiger partial charge < -0.3 is 14.6 Å². The van der Waals surface area contributed by atoms with Gasteiger partial charge in [-0.2, -0.15) is 0 Å². The number of halogens is 2. The number of aryl methyl sites for hydroxylation is 1. The molecule has 1 aliphatic heterocycles. The third-order valence-corrected chi connectivity index (χ3v) is 7.88. The SMILES string of the molecule is Cc1cc(NC(=O)COC(=O)c2cccc(N3C(=O)[C@@H]4[C@H]5C[C@@H]([C@H](Cl)[C@H]5Cl)[C@H]4C3=O)c2)no1. The molecule has 3 aliphatic rings. The number of carbonyl (C=O) groups is 4. The lowest BCUT2D eigenvalue weighted by atomic mass is 9.80. The highest BCUT2D eigenvalue weighted by Crippen LogP contribution is 2.59. The van der Waals surface area contributed by atoms with Crippen LogP contribution in [0.25, 0.3) is 0 Å². The number of rotatable bonds is 5. The lowest BCUT2D eigenvalue weighted by molar-refractivity contribution is -0.123. The predicted molar refractivity (Wildman–Crippen MR) is 117 cm³/mol. The summed E-state index contributed by atoms with van der Waals surface area (Å²) in [6, 6.07) is 7.52. The molecule has 1 N–H and O–H groups in total. The molecular weight excluding hydrogens is 473 g/mol. The summed E-state index contributed by atoms with van der Waals surface area (Å²) in [4.78, 5) is 51.8. The fourth-order valence-corrected chi connectivity index (χ4v) is 6.09. The number of hydrogen-bond donors (Lipinski definition) is 1. The number of amides is 3. The first-order valence-corrected chi connectivity index (χ1v) is 11.3. The van der Waals surface area contributed by atoms with Gasteiger partial charge in [-0.25, -0.2) is 4.79 Å². The largest absolute Gasteiger partial charge is 0.452 e. The molecule has 2 saturated carbocycles. The summed E-state index contributed by atoms with van der Waals surface area (Å²) >= 11 is 12.8. The number of fused-ring (bicyclic) bond motifs is 5. The van der Waals surface area contributed by atoms with Crippen LogP contribution in [0.4, 0.5) is 11.5 Å². The number of nitrogens with one attached hydrogen (secondary N) is 1. The number of alkyl halides is 2. The van der Waals surface area contributed by atoms with Crippen molar-refractivity contribution in [3.05, 3.63) is 41.7 Å². The van der Waals surface area contributed by atoms with Crippen LogP contribution in [-0.4, -0.2) is 46.2 Å². The Labute approximate surface area is 198 Å². The first-order valence-electron chi connectivity index (χ1n) is 10.4. The van der Waals surface area contributed by atoms with E-state index in [9.17, 15) is 19.2 Å². The summed E-state index contributed by atoms with van der Waals surface area (Å²) in [6.07, 6.45) is 0.672. The molecule has 33 heavy (non-hydrogen) atoms. The molecule has 2 heterocycles. The monoisotopic (exact) mass is 491 g/mol. The molecule has 5 rings (SSSR count). The van der Waals surface area contributed by atoms with E-state index in [1.54, 1.807) is 19.1 Å². The molecule has 0 unspecified atom stereocenters. The van der Waals surface area contributed by atoms with Crippen LogP contribution in [0.15, 0.2) is 34.9 Å². The number of hydrogen-bond acceptors (Lipinski definition) is 7. The third kappa shape index (κ3) is 3.59. The Kier molecular flexibility index (Phi) is 5.41. The van der Waals surface area contributed by atoms with Crippen molar-refractivity contribution in [2.45, 2.75) is 24.1 Å². The van der Waals surface area contributed by atoms with E-state index in [-0.39, 0.29) is 51.5 Å². The van der Waals surface area contributed by atoms with E-state index in [0.717, 1.165) is 4.90 Å². The van der Waals surface area contributed by atoms with Gasteiger partial charge in [-0.3, -0.25) is 19.3 Å². The lowest BCUT2D eigenvalue weighted by Gasteiger charge is -2.28. The minimum atomic E-state index is -0.774. The van der Waals surface area contributed by atoms with Crippen LogP contribution in [0.3, 0.4) is 0 Å². The average molecular weight is 492 g/mol. The van der Waals surface area contributed by atoms with Crippen LogP contribution in [0, 0.1) is 30.6 Å². The molecular formula is C22H19Cl2N3O6. The predicted octanol–water partition coefficient (Wildman–Crippen LogP) is 2.75. The summed E-state index contributed by atoms with van der Waals surface area (Å²) < 4.78 is 9.90. The standard InChI is InChI=1S/C22H19Cl2N3O6/c1-9-5-14(26-33-9)25-15(28)8-32-22(31)10-3-2-4-11(6-10)27-20(29)16-12-7-13(17(16)21(27)30)19(24)18(12)23/h2-6,12-13,16-19H,7-8H2,1H3,(H,25,26,28)/t12-,13-,16-,17-,18+,19+/m1/s1. The number of carbonyl (C=O) groups excluding carboxylic acids is 4. The smallest absolute Gasteiger partial charge is 0.338 e. The number of imide groups is 1. The van der Waals surface area contributed by atoms with Gasteiger partial charge in [-0.05, 0) is 43.4 Å². The highest BCUT2D eigenvalue weighted by molar-refractivity contribution is 6.32. The zero-order chi connectivity index (χ0) is 23.4. The number of anilines is 2. The maximum Gasteiger partial charge on any atom is 0.338 e. The van der Waals surface area contributed by atoms with Gasteiger partial charge in [0.25, 0.3) is 5.91 Å². The number of nitrogens with zero attached hydrogens (tertiary/aromatic N) is 2. The van der Waals surface area contributed by atoms with Crippen LogP contribution in [0.1, 0.15) is 22.5 Å². The zero-order valence-corrected chi connectivity index (χ0v) is 18.9. The van der Waals surface area contributed by atoms with Gasteiger partial charge in [0.05, 0.1) is 33.8 Å². The Morgan fingerprint density at radius 2 is 1.82 bits per heavy atom. The van der Waals surface area contributed by atoms with E-state index < -0.39 is 30.3 Å². The molecule has 2 aromatic rings. The van der Waals surface area contributed by atoms with Crippen molar-refractivity contribution in [2.75, 3.05) is 16.8 Å². The van der Waals surface area contributed by atoms with Crippen molar-refractivity contribution in [2.24, 2.45) is 23.7 Å². The van der Waals surface area contributed by atoms with Crippen molar-refractivity contribution in [3.63, 3.8) is 0 Å². The molecule has 3 amide bonds. The second-order valence-corrected chi connectivity index (χ2v) is 9.52. The van der Waals surface area contributed by atoms with Gasteiger partial charge in [0.1, 0.15) is 5.76 Å². The van der Waals surface area contributed by atoms with E-state index in [2.05, 4.69) is 10.5 Å². The fraction of sp³-hybridized carbons (Fsp3) is 0.409. The van der Waals surface area contributed by atoms with E-state index in [4.69, 9.17) is 32.5 Å². The molecule has 2 aliphatic carbocycles. The van der Waals surface area contributed by atoms with Crippen molar-refractivity contribution in [1.82, 2.24) is 5.16 Å². The Morgan fingerprint density at radius 3 is 2.42 bits per heavy atom. The molecule has 0 radical (unpaired) electrons. The normalized spacial score (nSPS) is 30.0. The lowest BCUT2D eigenvalue weighted by Crippen LogP contribution is -2.37. The molecule has 6 atom stereocenters. The van der Waals surface area contributed by atoms with Gasteiger partial charge in [0, 0.05) is 6.07 Å². The molecule has 1 aromatic carbocycles. The van der Waals surface area contributed by atoms with Crippen LogP contribution in [0.5, 0.6) is 0 Å². The maximum atomic E-state index is 13.1. The summed E-state index contributed by atoms with van der Waals surface area (Å²) in [7, 11) is 0. The number of ether oxygens (including phenoxy) is 1. The van der Waals surface area contributed by atoms with Crippen molar-refractivity contribution in [3.8, 4) is 0 Å². The maximum absolute atomic E-state index is 13.1. The van der Waals surface area contributed by atoms with Crippen LogP contribution in [0.2, 0.25) is 0 Å². The summed E-state index contributed by atoms with van der Waals surface area (Å²) in [5.74, 6) is -2.52. The molecule has 9 nitrogen and oxygen atoms in total. The molecule has 3 fully saturated rings. The Hall–Kier alpha value is -2.91. The van der Waals surface area contributed by atoms with Crippen molar-refractivity contribution < 1.29 is 28.4 Å². The average Bonchev–Trinajstić information content (AvgIpc) is 3.51. The van der Waals surface area contributed by atoms with Crippen LogP contribution in [-0.2, 0) is 19.1 Å². The molecule has 1 saturated heterocycles. The van der Waals surface area contributed by atoms with Crippen LogP contribution < -0.4 is 10.2 Å². The van der Waals surface area contributed by atoms with Gasteiger partial charge in [-0.1, -0.05) is 11.2 Å².